The Morgan fingerprint density at radius 1 is 1.60 bits per heavy atom. The molecule has 0 unspecified atom stereocenters. The third-order valence-corrected chi connectivity index (χ3v) is 3.23. The number of carbonyl (C=O) groups is 1. The van der Waals surface area contributed by atoms with E-state index in [1.165, 1.54) is 0 Å². The van der Waals surface area contributed by atoms with E-state index in [4.69, 9.17) is 0 Å². The minimum Gasteiger partial charge on any atom is -0.299 e. The van der Waals surface area contributed by atoms with E-state index in [9.17, 15) is 4.79 Å². The minimum absolute atomic E-state index is 0.0987. The Kier molecular flexibility index (Phi) is 2.59. The smallest absolute Gasteiger partial charge is 0.138 e. The highest BCUT2D eigenvalue weighted by Gasteiger charge is 2.47. The van der Waals surface area contributed by atoms with Crippen molar-refractivity contribution in [3.05, 3.63) is 12.2 Å². The molecule has 1 aliphatic rings. The summed E-state index contributed by atoms with van der Waals surface area (Å²) in [6.07, 6.45) is 5.43. The fourth-order valence-corrected chi connectivity index (χ4v) is 1.93. The lowest BCUT2D eigenvalue weighted by Gasteiger charge is -2.11. The maximum absolute atomic E-state index is 11.5. The largest absolute Gasteiger partial charge is 0.299 e. The Hall–Kier alpha value is -1.19. The summed E-state index contributed by atoms with van der Waals surface area (Å²) in [4.78, 5) is 15.7. The fourth-order valence-electron chi connectivity index (χ4n) is 1.93. The Morgan fingerprint density at radius 2 is 2.33 bits per heavy atom. The standard InChI is InChI=1S/C11H17N3O/c1-3-6-14-10(12-8-13-14)7-11(4-5-11)9(2)15/h8H,3-7H2,1-2H3. The van der Waals surface area contributed by atoms with Crippen LogP contribution in [0.5, 0.6) is 0 Å². The Balaban J connectivity index is 2.10. The average Bonchev–Trinajstić information content (AvgIpc) is 2.85. The molecular weight excluding hydrogens is 190 g/mol. The lowest BCUT2D eigenvalue weighted by Crippen LogP contribution is -2.18. The second kappa shape index (κ2) is 3.76. The molecule has 0 bridgehead atoms. The second-order valence-electron chi connectivity index (χ2n) is 4.41. The molecule has 82 valence electrons. The van der Waals surface area contributed by atoms with Crippen molar-refractivity contribution in [1.29, 1.82) is 0 Å². The minimum atomic E-state index is -0.0987. The lowest BCUT2D eigenvalue weighted by molar-refractivity contribution is -0.122. The average molecular weight is 207 g/mol. The number of nitrogens with zero attached hydrogens (tertiary/aromatic N) is 3. The molecule has 2 rings (SSSR count). The van der Waals surface area contributed by atoms with E-state index in [1.807, 2.05) is 4.68 Å². The maximum Gasteiger partial charge on any atom is 0.138 e. The van der Waals surface area contributed by atoms with Crippen LogP contribution in [0.25, 0.3) is 0 Å². The van der Waals surface area contributed by atoms with E-state index >= 15 is 0 Å². The molecule has 1 saturated carbocycles. The van der Waals surface area contributed by atoms with E-state index in [-0.39, 0.29) is 5.41 Å². The van der Waals surface area contributed by atoms with Gasteiger partial charge >= 0.3 is 0 Å². The van der Waals surface area contributed by atoms with Crippen molar-refractivity contribution in [2.45, 2.75) is 46.1 Å². The van der Waals surface area contributed by atoms with Crippen LogP contribution in [0.1, 0.15) is 38.9 Å². The van der Waals surface area contributed by atoms with Gasteiger partial charge in [-0.25, -0.2) is 4.98 Å². The normalized spacial score (nSPS) is 17.7. The molecule has 0 atom stereocenters. The predicted molar refractivity (Wildman–Crippen MR) is 56.4 cm³/mol. The van der Waals surface area contributed by atoms with Crippen LogP contribution < -0.4 is 0 Å². The molecule has 0 amide bonds. The highest BCUT2D eigenvalue weighted by Crippen LogP contribution is 2.48. The molecule has 0 aromatic carbocycles. The molecule has 0 N–H and O–H groups in total. The number of hydrogen-bond donors (Lipinski definition) is 0. The number of aromatic nitrogens is 3. The summed E-state index contributed by atoms with van der Waals surface area (Å²) >= 11 is 0. The molecule has 0 spiro atoms. The third-order valence-electron chi connectivity index (χ3n) is 3.23. The summed E-state index contributed by atoms with van der Waals surface area (Å²) in [6, 6.07) is 0. The number of rotatable bonds is 5. The van der Waals surface area contributed by atoms with Crippen LogP contribution in [0.2, 0.25) is 0 Å². The fraction of sp³-hybridized carbons (Fsp3) is 0.727. The first-order chi connectivity index (χ1) is 7.18. The zero-order valence-corrected chi connectivity index (χ0v) is 9.36. The molecule has 15 heavy (non-hydrogen) atoms. The summed E-state index contributed by atoms with van der Waals surface area (Å²) in [5, 5.41) is 4.17. The number of carbonyl (C=O) groups excluding carboxylic acids is 1. The third kappa shape index (κ3) is 1.94. The zero-order chi connectivity index (χ0) is 10.9. The molecule has 0 radical (unpaired) electrons. The molecule has 4 nitrogen and oxygen atoms in total. The maximum atomic E-state index is 11.5. The Bertz CT molecular complexity index is 366. The van der Waals surface area contributed by atoms with Gasteiger partial charge in [-0.05, 0) is 26.2 Å². The van der Waals surface area contributed by atoms with Crippen molar-refractivity contribution in [1.82, 2.24) is 14.8 Å². The highest BCUT2D eigenvalue weighted by atomic mass is 16.1. The first-order valence-electron chi connectivity index (χ1n) is 5.56. The van der Waals surface area contributed by atoms with Gasteiger partial charge in [0.25, 0.3) is 0 Å². The molecule has 0 aliphatic heterocycles. The van der Waals surface area contributed by atoms with Gasteiger partial charge in [-0.15, -0.1) is 0 Å². The highest BCUT2D eigenvalue weighted by molar-refractivity contribution is 5.85. The predicted octanol–water partition coefficient (Wildman–Crippen LogP) is 1.60. The summed E-state index contributed by atoms with van der Waals surface area (Å²) in [7, 11) is 0. The van der Waals surface area contributed by atoms with Crippen molar-refractivity contribution in [3.8, 4) is 0 Å². The summed E-state index contributed by atoms with van der Waals surface area (Å²) in [6.45, 7) is 4.69. The van der Waals surface area contributed by atoms with Gasteiger partial charge in [0.05, 0.1) is 0 Å². The number of Topliss-reactive ketones (excluding diaryl/α,β-unsaturated/α-hetero) is 1. The van der Waals surface area contributed by atoms with Gasteiger partial charge in [0.1, 0.15) is 17.9 Å². The van der Waals surface area contributed by atoms with Crippen LogP contribution >= 0.6 is 0 Å². The van der Waals surface area contributed by atoms with Gasteiger partial charge in [0, 0.05) is 18.4 Å². The quantitative estimate of drug-likeness (QED) is 0.736. The van der Waals surface area contributed by atoms with Crippen LogP contribution in [0, 0.1) is 5.41 Å². The van der Waals surface area contributed by atoms with Gasteiger partial charge in [-0.3, -0.25) is 9.48 Å². The number of hydrogen-bond acceptors (Lipinski definition) is 3. The van der Waals surface area contributed by atoms with Crippen molar-refractivity contribution < 1.29 is 4.79 Å². The van der Waals surface area contributed by atoms with Crippen LogP contribution in [-0.4, -0.2) is 20.5 Å². The topological polar surface area (TPSA) is 47.8 Å². The van der Waals surface area contributed by atoms with E-state index in [0.717, 1.165) is 38.1 Å². The van der Waals surface area contributed by atoms with Gasteiger partial charge in [-0.2, -0.15) is 5.10 Å². The molecule has 1 aromatic rings. The molecular formula is C11H17N3O. The van der Waals surface area contributed by atoms with Crippen molar-refractivity contribution >= 4 is 5.78 Å². The van der Waals surface area contributed by atoms with E-state index in [0.29, 0.717) is 5.78 Å². The summed E-state index contributed by atoms with van der Waals surface area (Å²) in [5.74, 6) is 1.26. The SMILES string of the molecule is CCCn1ncnc1CC1(C(C)=O)CC1. The van der Waals surface area contributed by atoms with Crippen LogP contribution in [0.15, 0.2) is 6.33 Å². The van der Waals surface area contributed by atoms with Gasteiger partial charge in [-0.1, -0.05) is 6.92 Å². The number of aryl methyl sites for hydroxylation is 1. The molecule has 4 heteroatoms. The van der Waals surface area contributed by atoms with Crippen molar-refractivity contribution in [2.24, 2.45) is 5.41 Å². The van der Waals surface area contributed by atoms with E-state index in [2.05, 4.69) is 17.0 Å². The molecule has 1 fully saturated rings. The summed E-state index contributed by atoms with van der Waals surface area (Å²) in [5.41, 5.74) is -0.0987. The first-order valence-corrected chi connectivity index (χ1v) is 5.56. The molecule has 0 saturated heterocycles. The van der Waals surface area contributed by atoms with Gasteiger partial charge < -0.3 is 0 Å². The molecule has 1 aliphatic carbocycles. The zero-order valence-electron chi connectivity index (χ0n) is 9.36. The molecule has 1 heterocycles. The lowest BCUT2D eigenvalue weighted by atomic mass is 9.97. The first kappa shape index (κ1) is 10.3. The van der Waals surface area contributed by atoms with Crippen LogP contribution in [-0.2, 0) is 17.8 Å². The monoisotopic (exact) mass is 207 g/mol. The Morgan fingerprint density at radius 3 is 2.87 bits per heavy atom. The van der Waals surface area contributed by atoms with Crippen molar-refractivity contribution in [2.75, 3.05) is 0 Å². The van der Waals surface area contributed by atoms with E-state index < -0.39 is 0 Å². The second-order valence-corrected chi connectivity index (χ2v) is 4.41. The van der Waals surface area contributed by atoms with Gasteiger partial charge in [0.2, 0.25) is 0 Å². The van der Waals surface area contributed by atoms with Gasteiger partial charge in [0.15, 0.2) is 0 Å². The summed E-state index contributed by atoms with van der Waals surface area (Å²) < 4.78 is 1.92. The van der Waals surface area contributed by atoms with Crippen LogP contribution in [0.3, 0.4) is 0 Å². The number of ketones is 1. The van der Waals surface area contributed by atoms with E-state index in [1.54, 1.807) is 13.3 Å². The van der Waals surface area contributed by atoms with Crippen LogP contribution in [0.4, 0.5) is 0 Å². The Labute approximate surface area is 89.7 Å². The van der Waals surface area contributed by atoms with Crippen molar-refractivity contribution in [3.63, 3.8) is 0 Å². The molecule has 1 aromatic heterocycles.